The van der Waals surface area contributed by atoms with E-state index >= 15 is 0 Å². The van der Waals surface area contributed by atoms with Crippen LogP contribution in [0.3, 0.4) is 0 Å². The zero-order valence-electron chi connectivity index (χ0n) is 21.3. The predicted octanol–water partition coefficient (Wildman–Crippen LogP) is 4.26. The van der Waals surface area contributed by atoms with Crippen LogP contribution in [0.5, 0.6) is 11.5 Å². The van der Waals surface area contributed by atoms with E-state index in [9.17, 15) is 4.79 Å². The molecule has 0 unspecified atom stereocenters. The van der Waals surface area contributed by atoms with Gasteiger partial charge < -0.3 is 24.6 Å². The first-order chi connectivity index (χ1) is 16.4. The summed E-state index contributed by atoms with van der Waals surface area (Å²) < 4.78 is 11.7. The molecule has 1 N–H and O–H groups in total. The Morgan fingerprint density at radius 1 is 1.09 bits per heavy atom. The predicted molar refractivity (Wildman–Crippen MR) is 137 cm³/mol. The molecule has 186 valence electrons. The number of amides is 1. The van der Waals surface area contributed by atoms with E-state index in [1.165, 1.54) is 0 Å². The maximum Gasteiger partial charge on any atom is 0.260 e. The number of piperidine rings is 1. The molecule has 7 heteroatoms. The summed E-state index contributed by atoms with van der Waals surface area (Å²) in [5.74, 6) is 2.33. The number of carbonyl (C=O) groups is 1. The largest absolute Gasteiger partial charge is 0.490 e. The van der Waals surface area contributed by atoms with E-state index in [0.29, 0.717) is 24.1 Å². The van der Waals surface area contributed by atoms with Gasteiger partial charge in [0.2, 0.25) is 0 Å². The van der Waals surface area contributed by atoms with Gasteiger partial charge in [0.25, 0.3) is 5.91 Å². The number of pyridine rings is 1. The zero-order chi connectivity index (χ0) is 24.5. The van der Waals surface area contributed by atoms with Crippen molar-refractivity contribution in [3.63, 3.8) is 0 Å². The summed E-state index contributed by atoms with van der Waals surface area (Å²) in [5.41, 5.74) is 1.14. The van der Waals surface area contributed by atoms with Crippen LogP contribution in [0.2, 0.25) is 0 Å². The SMILES string of the molecule is CCOc1cc(CNC2CCN(c3ccccn3)CC2)ccc1OCC(=O)N(C(C)C)C(C)C. The molecule has 0 radical (unpaired) electrons. The fourth-order valence-electron chi connectivity index (χ4n) is 4.55. The van der Waals surface area contributed by atoms with E-state index in [4.69, 9.17) is 9.47 Å². The van der Waals surface area contributed by atoms with Crippen LogP contribution in [0.15, 0.2) is 42.6 Å². The molecule has 2 aromatic rings. The number of anilines is 1. The third kappa shape index (κ3) is 7.10. The molecule has 1 amide bonds. The number of hydrogen-bond donors (Lipinski definition) is 1. The van der Waals surface area contributed by atoms with E-state index in [1.54, 1.807) is 0 Å². The van der Waals surface area contributed by atoms with Crippen molar-refractivity contribution in [3.05, 3.63) is 48.2 Å². The quantitative estimate of drug-likeness (QED) is 0.531. The Balaban J connectivity index is 1.53. The van der Waals surface area contributed by atoms with Crippen molar-refractivity contribution in [3.8, 4) is 11.5 Å². The van der Waals surface area contributed by atoms with Crippen LogP contribution >= 0.6 is 0 Å². The smallest absolute Gasteiger partial charge is 0.260 e. The van der Waals surface area contributed by atoms with Gasteiger partial charge in [-0.3, -0.25) is 4.79 Å². The number of ether oxygens (including phenoxy) is 2. The van der Waals surface area contributed by atoms with Crippen LogP contribution in [0.4, 0.5) is 5.82 Å². The number of hydrogen-bond acceptors (Lipinski definition) is 6. The van der Waals surface area contributed by atoms with Crippen LogP contribution < -0.4 is 19.7 Å². The lowest BCUT2D eigenvalue weighted by Gasteiger charge is -2.33. The van der Waals surface area contributed by atoms with Gasteiger partial charge in [0.15, 0.2) is 18.1 Å². The second-order valence-corrected chi connectivity index (χ2v) is 9.32. The Kier molecular flexibility index (Phi) is 9.57. The molecule has 1 fully saturated rings. The maximum absolute atomic E-state index is 12.7. The molecule has 3 rings (SSSR count). The van der Waals surface area contributed by atoms with Gasteiger partial charge >= 0.3 is 0 Å². The second-order valence-electron chi connectivity index (χ2n) is 9.32. The number of aromatic nitrogens is 1. The molecule has 2 heterocycles. The van der Waals surface area contributed by atoms with Gasteiger partial charge in [0.05, 0.1) is 6.61 Å². The molecular weight excluding hydrogens is 428 g/mol. The average molecular weight is 469 g/mol. The molecule has 7 nitrogen and oxygen atoms in total. The Labute approximate surface area is 204 Å². The lowest BCUT2D eigenvalue weighted by molar-refractivity contribution is -0.137. The lowest BCUT2D eigenvalue weighted by Crippen LogP contribution is -2.44. The van der Waals surface area contributed by atoms with Crippen molar-refractivity contribution >= 4 is 11.7 Å². The van der Waals surface area contributed by atoms with Crippen LogP contribution in [-0.2, 0) is 11.3 Å². The van der Waals surface area contributed by atoms with Gasteiger partial charge in [0.1, 0.15) is 5.82 Å². The Morgan fingerprint density at radius 2 is 1.82 bits per heavy atom. The molecule has 0 saturated carbocycles. The van der Waals surface area contributed by atoms with Gasteiger partial charge in [-0.15, -0.1) is 0 Å². The number of rotatable bonds is 11. The average Bonchev–Trinajstić information content (AvgIpc) is 2.83. The number of nitrogens with one attached hydrogen (secondary N) is 1. The van der Waals surface area contributed by atoms with Crippen molar-refractivity contribution in [2.24, 2.45) is 0 Å². The highest BCUT2D eigenvalue weighted by Gasteiger charge is 2.22. The fourth-order valence-corrected chi connectivity index (χ4v) is 4.55. The van der Waals surface area contributed by atoms with Gasteiger partial charge in [-0.2, -0.15) is 0 Å². The topological polar surface area (TPSA) is 66.9 Å². The molecular formula is C27H40N4O3. The maximum atomic E-state index is 12.7. The van der Waals surface area contributed by atoms with Crippen LogP contribution in [-0.4, -0.2) is 60.2 Å². The van der Waals surface area contributed by atoms with Gasteiger partial charge in [-0.05, 0) is 77.3 Å². The van der Waals surface area contributed by atoms with Crippen molar-refractivity contribution in [2.45, 2.75) is 72.1 Å². The summed E-state index contributed by atoms with van der Waals surface area (Å²) in [4.78, 5) is 21.3. The molecule has 0 atom stereocenters. The van der Waals surface area contributed by atoms with Crippen molar-refractivity contribution in [1.29, 1.82) is 0 Å². The van der Waals surface area contributed by atoms with E-state index < -0.39 is 0 Å². The van der Waals surface area contributed by atoms with Gasteiger partial charge in [-0.25, -0.2) is 4.98 Å². The minimum atomic E-state index is -0.0183. The van der Waals surface area contributed by atoms with Crippen LogP contribution in [0.1, 0.15) is 53.0 Å². The highest BCUT2D eigenvalue weighted by atomic mass is 16.5. The van der Waals surface area contributed by atoms with Crippen molar-refractivity contribution in [2.75, 3.05) is 31.2 Å². The molecule has 1 aliphatic heterocycles. The number of carbonyl (C=O) groups excluding carboxylic acids is 1. The minimum Gasteiger partial charge on any atom is -0.490 e. The summed E-state index contributed by atoms with van der Waals surface area (Å²) in [6.45, 7) is 13.4. The summed E-state index contributed by atoms with van der Waals surface area (Å²) in [5, 5.41) is 3.68. The van der Waals surface area contributed by atoms with Gasteiger partial charge in [0, 0.05) is 44.0 Å². The van der Waals surface area contributed by atoms with Crippen molar-refractivity contribution in [1.82, 2.24) is 15.2 Å². The third-order valence-electron chi connectivity index (χ3n) is 6.12. The van der Waals surface area contributed by atoms with E-state index in [1.807, 2.05) is 76.0 Å². The van der Waals surface area contributed by atoms with Crippen LogP contribution in [0.25, 0.3) is 0 Å². The molecule has 0 spiro atoms. The molecule has 1 aliphatic rings. The Morgan fingerprint density at radius 3 is 2.44 bits per heavy atom. The monoisotopic (exact) mass is 468 g/mol. The number of benzene rings is 1. The molecule has 0 bridgehead atoms. The molecule has 34 heavy (non-hydrogen) atoms. The minimum absolute atomic E-state index is 0.00285. The zero-order valence-corrected chi connectivity index (χ0v) is 21.3. The summed E-state index contributed by atoms with van der Waals surface area (Å²) >= 11 is 0. The fraction of sp³-hybridized carbons (Fsp3) is 0.556. The highest BCUT2D eigenvalue weighted by molar-refractivity contribution is 5.78. The molecule has 1 aromatic heterocycles. The Bertz CT molecular complexity index is 888. The first kappa shape index (κ1) is 25.8. The van der Waals surface area contributed by atoms with Crippen LogP contribution in [0, 0.1) is 0 Å². The highest BCUT2D eigenvalue weighted by Crippen LogP contribution is 2.29. The molecule has 1 saturated heterocycles. The van der Waals surface area contributed by atoms with E-state index in [0.717, 1.165) is 43.9 Å². The standard InChI is InChI=1S/C27H40N4O3/c1-6-33-25-17-22(10-11-24(25)34-19-27(32)31(20(2)3)21(4)5)18-29-23-12-15-30(16-13-23)26-9-7-8-14-28-26/h7-11,14,17,20-21,23,29H,6,12-13,15-16,18-19H2,1-5H3. The normalized spacial score (nSPS) is 14.5. The summed E-state index contributed by atoms with van der Waals surface area (Å²) in [7, 11) is 0. The summed E-state index contributed by atoms with van der Waals surface area (Å²) in [6, 6.07) is 12.8. The van der Waals surface area contributed by atoms with E-state index in [2.05, 4.69) is 21.3 Å². The first-order valence-electron chi connectivity index (χ1n) is 12.5. The lowest BCUT2D eigenvalue weighted by atomic mass is 10.0. The number of nitrogens with zero attached hydrogens (tertiary/aromatic N) is 3. The Hall–Kier alpha value is -2.80. The molecule has 0 aliphatic carbocycles. The molecule has 1 aromatic carbocycles. The summed E-state index contributed by atoms with van der Waals surface area (Å²) in [6.07, 6.45) is 4.02. The van der Waals surface area contributed by atoms with Gasteiger partial charge in [-0.1, -0.05) is 12.1 Å². The first-order valence-corrected chi connectivity index (χ1v) is 12.5. The third-order valence-corrected chi connectivity index (χ3v) is 6.12. The van der Waals surface area contributed by atoms with Crippen molar-refractivity contribution < 1.29 is 14.3 Å². The second kappa shape index (κ2) is 12.6. The van der Waals surface area contributed by atoms with E-state index in [-0.39, 0.29) is 24.6 Å².